The lowest BCUT2D eigenvalue weighted by atomic mass is 10.0. The first-order valence-electron chi connectivity index (χ1n) is 10.1. The summed E-state index contributed by atoms with van der Waals surface area (Å²) >= 11 is 0. The van der Waals surface area contributed by atoms with Crippen LogP contribution in [0.15, 0.2) is 18.2 Å². The predicted molar refractivity (Wildman–Crippen MR) is 114 cm³/mol. The number of nitrogens with zero attached hydrogens (tertiary/aromatic N) is 4. The Labute approximate surface area is 174 Å². The molecule has 1 fully saturated rings. The fourth-order valence-electron chi connectivity index (χ4n) is 4.21. The quantitative estimate of drug-likeness (QED) is 0.387. The van der Waals surface area contributed by atoms with Crippen molar-refractivity contribution in [2.24, 2.45) is 0 Å². The van der Waals surface area contributed by atoms with Crippen LogP contribution in [0.4, 0.5) is 28.8 Å². The summed E-state index contributed by atoms with van der Waals surface area (Å²) in [5.41, 5.74) is 8.32. The van der Waals surface area contributed by atoms with Crippen LogP contribution in [0.1, 0.15) is 37.4 Å². The van der Waals surface area contributed by atoms with E-state index in [0.29, 0.717) is 18.2 Å². The number of hydrogen-bond donors (Lipinski definition) is 3. The van der Waals surface area contributed by atoms with Gasteiger partial charge in [-0.05, 0) is 44.2 Å². The van der Waals surface area contributed by atoms with E-state index < -0.39 is 4.92 Å². The van der Waals surface area contributed by atoms with Gasteiger partial charge in [-0.25, -0.2) is 4.98 Å². The molecule has 10 nitrogen and oxygen atoms in total. The average Bonchev–Trinajstić information content (AvgIpc) is 3.17. The topological polar surface area (TPSA) is 139 Å². The first kappa shape index (κ1) is 19.9. The number of nitrogens with two attached hydrogens (primary N) is 1. The molecule has 158 valence electrons. The molecular formula is C20H25N7O3. The highest BCUT2D eigenvalue weighted by Crippen LogP contribution is 2.33. The number of aromatic nitrogens is 2. The zero-order valence-electron chi connectivity index (χ0n) is 16.9. The molecule has 0 saturated carbocycles. The number of fused-ring (bicyclic) bond motifs is 1. The molecule has 4 rings (SSSR count). The molecule has 0 spiro atoms. The number of carbonyl (C=O) groups excluding carboxylic acids is 1. The fourth-order valence-corrected chi connectivity index (χ4v) is 4.21. The summed E-state index contributed by atoms with van der Waals surface area (Å²) in [7, 11) is 0. The fraction of sp³-hybridized carbons (Fsp3) is 0.450. The van der Waals surface area contributed by atoms with Crippen molar-refractivity contribution in [2.75, 3.05) is 29.0 Å². The Hall–Kier alpha value is -3.43. The minimum atomic E-state index is -0.509. The number of benzene rings is 1. The van der Waals surface area contributed by atoms with Gasteiger partial charge in [0.2, 0.25) is 11.9 Å². The minimum Gasteiger partial charge on any atom is -0.393 e. The Morgan fingerprint density at radius 2 is 2.13 bits per heavy atom. The lowest BCUT2D eigenvalue weighted by molar-refractivity contribution is -0.383. The van der Waals surface area contributed by atoms with Gasteiger partial charge >= 0.3 is 0 Å². The standard InChI is InChI=1S/C20H25N7O3/c1-12(28)22-14-4-3-9-26(11-14)19-15-5-2-6-17(15)24-20(25-19)23-13-7-8-16(21)18(10-13)27(29)30/h7-8,10,14H,2-6,9,11,21H2,1H3,(H,22,28)(H,23,24,25)/t14-/m1/s1. The van der Waals surface area contributed by atoms with Gasteiger partial charge in [-0.15, -0.1) is 0 Å². The van der Waals surface area contributed by atoms with Gasteiger partial charge in [-0.1, -0.05) is 0 Å². The number of aryl methyl sites for hydroxylation is 1. The van der Waals surface area contributed by atoms with Crippen LogP contribution in [0.5, 0.6) is 0 Å². The molecule has 2 aliphatic rings. The Morgan fingerprint density at radius 1 is 1.30 bits per heavy atom. The summed E-state index contributed by atoms with van der Waals surface area (Å²) in [5, 5.41) is 17.3. The van der Waals surface area contributed by atoms with Crippen molar-refractivity contribution in [2.45, 2.75) is 45.1 Å². The van der Waals surface area contributed by atoms with Gasteiger partial charge in [0.05, 0.1) is 10.6 Å². The smallest absolute Gasteiger partial charge is 0.294 e. The lowest BCUT2D eigenvalue weighted by Gasteiger charge is -2.35. The molecule has 2 heterocycles. The van der Waals surface area contributed by atoms with Gasteiger partial charge < -0.3 is 21.3 Å². The van der Waals surface area contributed by atoms with Crippen LogP contribution in [0.2, 0.25) is 0 Å². The van der Waals surface area contributed by atoms with Crippen LogP contribution in [0, 0.1) is 10.1 Å². The first-order valence-corrected chi connectivity index (χ1v) is 10.1. The molecule has 0 bridgehead atoms. The van der Waals surface area contributed by atoms with Gasteiger partial charge in [-0.3, -0.25) is 14.9 Å². The maximum absolute atomic E-state index is 11.5. The third kappa shape index (κ3) is 4.12. The largest absolute Gasteiger partial charge is 0.393 e. The Morgan fingerprint density at radius 3 is 2.90 bits per heavy atom. The van der Waals surface area contributed by atoms with E-state index in [9.17, 15) is 14.9 Å². The van der Waals surface area contributed by atoms with Crippen molar-refractivity contribution >= 4 is 34.7 Å². The van der Waals surface area contributed by atoms with E-state index in [0.717, 1.165) is 55.7 Å². The van der Waals surface area contributed by atoms with Crippen LogP contribution in [0.25, 0.3) is 0 Å². The predicted octanol–water partition coefficient (Wildman–Crippen LogP) is 2.30. The van der Waals surface area contributed by atoms with Crippen LogP contribution >= 0.6 is 0 Å². The molecule has 1 atom stereocenters. The highest BCUT2D eigenvalue weighted by Gasteiger charge is 2.27. The molecule has 4 N–H and O–H groups in total. The van der Waals surface area contributed by atoms with Crippen LogP contribution < -0.4 is 21.3 Å². The summed E-state index contributed by atoms with van der Waals surface area (Å²) < 4.78 is 0. The second-order valence-electron chi connectivity index (χ2n) is 7.79. The Kier molecular flexibility index (Phi) is 5.39. The summed E-state index contributed by atoms with van der Waals surface area (Å²) in [6.07, 6.45) is 4.75. The van der Waals surface area contributed by atoms with Crippen LogP contribution in [-0.2, 0) is 17.6 Å². The van der Waals surface area contributed by atoms with Gasteiger partial charge in [0.25, 0.3) is 5.69 Å². The molecular weight excluding hydrogens is 386 g/mol. The second-order valence-corrected chi connectivity index (χ2v) is 7.79. The highest BCUT2D eigenvalue weighted by molar-refractivity contribution is 5.73. The maximum Gasteiger partial charge on any atom is 0.294 e. The molecule has 1 aliphatic carbocycles. The SMILES string of the molecule is CC(=O)N[C@@H]1CCCN(c2nc(Nc3ccc(N)c([N+](=O)[O-])c3)nc3c2CCC3)C1. The molecule has 10 heteroatoms. The van der Waals surface area contributed by atoms with Crippen molar-refractivity contribution < 1.29 is 9.72 Å². The zero-order chi connectivity index (χ0) is 21.3. The molecule has 1 saturated heterocycles. The second kappa shape index (κ2) is 8.13. The molecule has 1 aromatic heterocycles. The number of amides is 1. The Bertz CT molecular complexity index is 995. The number of anilines is 4. The highest BCUT2D eigenvalue weighted by atomic mass is 16.6. The monoisotopic (exact) mass is 411 g/mol. The minimum absolute atomic E-state index is 0.0259. The van der Waals surface area contributed by atoms with E-state index in [4.69, 9.17) is 10.7 Å². The van der Waals surface area contributed by atoms with E-state index >= 15 is 0 Å². The molecule has 1 aromatic carbocycles. The van der Waals surface area contributed by atoms with Crippen LogP contribution in [0.3, 0.4) is 0 Å². The van der Waals surface area contributed by atoms with Crippen molar-refractivity contribution in [3.05, 3.63) is 39.6 Å². The van der Waals surface area contributed by atoms with Crippen molar-refractivity contribution in [3.8, 4) is 0 Å². The third-order valence-corrected chi connectivity index (χ3v) is 5.52. The lowest BCUT2D eigenvalue weighted by Crippen LogP contribution is -2.47. The number of nitrogen functional groups attached to an aromatic ring is 1. The van der Waals surface area contributed by atoms with Gasteiger partial charge in [-0.2, -0.15) is 4.98 Å². The zero-order valence-corrected chi connectivity index (χ0v) is 16.9. The first-order chi connectivity index (χ1) is 14.4. The molecule has 30 heavy (non-hydrogen) atoms. The number of carbonyl (C=O) groups is 1. The normalized spacial score (nSPS) is 18.0. The average molecular weight is 411 g/mol. The molecule has 0 unspecified atom stereocenters. The number of hydrogen-bond acceptors (Lipinski definition) is 8. The summed E-state index contributed by atoms with van der Waals surface area (Å²) in [5.74, 6) is 1.27. The molecule has 1 amide bonds. The number of nitro benzene ring substituents is 1. The van der Waals surface area contributed by atoms with E-state index in [1.807, 2.05) is 0 Å². The van der Waals surface area contributed by atoms with Crippen molar-refractivity contribution in [1.29, 1.82) is 0 Å². The molecule has 2 aromatic rings. The van der Waals surface area contributed by atoms with Gasteiger partial charge in [0, 0.05) is 43.4 Å². The molecule has 1 aliphatic heterocycles. The van der Waals surface area contributed by atoms with E-state index in [-0.39, 0.29) is 23.3 Å². The van der Waals surface area contributed by atoms with Gasteiger partial charge in [0.1, 0.15) is 11.5 Å². The number of nitro groups is 1. The van der Waals surface area contributed by atoms with E-state index in [2.05, 4.69) is 20.5 Å². The van der Waals surface area contributed by atoms with Crippen molar-refractivity contribution in [1.82, 2.24) is 15.3 Å². The summed E-state index contributed by atoms with van der Waals surface area (Å²) in [6.45, 7) is 3.11. The third-order valence-electron chi connectivity index (χ3n) is 5.52. The summed E-state index contributed by atoms with van der Waals surface area (Å²) in [6, 6.07) is 4.66. The van der Waals surface area contributed by atoms with E-state index in [1.165, 1.54) is 19.1 Å². The number of piperidine rings is 1. The number of nitrogens with one attached hydrogen (secondary N) is 2. The summed E-state index contributed by atoms with van der Waals surface area (Å²) in [4.78, 5) is 33.8. The van der Waals surface area contributed by atoms with Crippen molar-refractivity contribution in [3.63, 3.8) is 0 Å². The number of rotatable bonds is 5. The van der Waals surface area contributed by atoms with Gasteiger partial charge in [0.15, 0.2) is 0 Å². The maximum atomic E-state index is 11.5. The van der Waals surface area contributed by atoms with E-state index in [1.54, 1.807) is 6.07 Å². The van der Waals surface area contributed by atoms with Crippen LogP contribution in [-0.4, -0.2) is 39.9 Å². The molecule has 0 radical (unpaired) electrons. The Balaban J connectivity index is 1.63.